The van der Waals surface area contributed by atoms with Crippen LogP contribution in [0.1, 0.15) is 6.92 Å². The molecule has 0 saturated heterocycles. The van der Waals surface area contributed by atoms with Crippen LogP contribution in [0, 0.1) is 0 Å². The van der Waals surface area contributed by atoms with E-state index in [1.165, 1.54) is 0 Å². The second-order valence-corrected chi connectivity index (χ2v) is 4.11. The number of hydrogen-bond donors (Lipinski definition) is 0. The Morgan fingerprint density at radius 2 is 1.50 bits per heavy atom. The highest BCUT2D eigenvalue weighted by molar-refractivity contribution is 9.10. The molecule has 0 heterocycles. The molecule has 0 spiro atoms. The smallest absolute Gasteiger partial charge is 0.198 e. The molecule has 0 aromatic heterocycles. The molecule has 0 fully saturated rings. The first-order valence-electron chi connectivity index (χ1n) is 2.28. The van der Waals surface area contributed by atoms with Gasteiger partial charge >= 0.3 is 10.8 Å². The Bertz CT molecular complexity index is 117. The highest BCUT2D eigenvalue weighted by atomic mass is 79.9. The van der Waals surface area contributed by atoms with Crippen LogP contribution < -0.4 is 0 Å². The van der Waals surface area contributed by atoms with Crippen molar-refractivity contribution in [3.05, 3.63) is 0 Å². The molecule has 0 saturated carbocycles. The number of halogens is 6. The maximum Gasteiger partial charge on any atom is 0.364 e. The summed E-state index contributed by atoms with van der Waals surface area (Å²) in [5.41, 5.74) is 0. The molecule has 0 radical (unpaired) electrons. The molecule has 0 aliphatic heterocycles. The topological polar surface area (TPSA) is 0 Å². The van der Waals surface area contributed by atoms with Gasteiger partial charge in [-0.3, -0.25) is 0 Å². The first-order valence-corrected chi connectivity index (χ1v) is 3.99. The number of hydrogen-bond acceptors (Lipinski definition) is 0. The van der Waals surface area contributed by atoms with Crippen molar-refractivity contribution in [2.24, 2.45) is 0 Å². The van der Waals surface area contributed by atoms with Gasteiger partial charge in [-0.1, -0.05) is 15.9 Å². The third-order valence-corrected chi connectivity index (χ3v) is 1.98. The first kappa shape index (κ1) is 10.7. The molecule has 0 aromatic rings. The molecular weight excluding hydrogens is 284 g/mol. The molecule has 0 aromatic carbocycles. The van der Waals surface area contributed by atoms with Gasteiger partial charge in [-0.05, 0) is 22.9 Å². The molecule has 0 N–H and O–H groups in total. The molecule has 0 bridgehead atoms. The summed E-state index contributed by atoms with van der Waals surface area (Å²) in [5.74, 6) is -4.06. The zero-order valence-corrected chi connectivity index (χ0v) is 8.02. The van der Waals surface area contributed by atoms with Gasteiger partial charge in [-0.15, -0.1) is 0 Å². The standard InChI is InChI=1S/C4H4Br2F4/c1-2(5)3(7,8)4(6,9)10/h2H,1H3. The lowest BCUT2D eigenvalue weighted by Gasteiger charge is -2.23. The van der Waals surface area contributed by atoms with E-state index in [0.29, 0.717) is 0 Å². The molecule has 1 unspecified atom stereocenters. The maximum absolute atomic E-state index is 12.2. The van der Waals surface area contributed by atoms with Crippen molar-refractivity contribution in [3.63, 3.8) is 0 Å². The van der Waals surface area contributed by atoms with Crippen molar-refractivity contribution >= 4 is 31.9 Å². The minimum atomic E-state index is -4.15. The van der Waals surface area contributed by atoms with E-state index in [-0.39, 0.29) is 0 Å². The minimum Gasteiger partial charge on any atom is -0.198 e. The second kappa shape index (κ2) is 2.97. The Hall–Kier alpha value is 0.680. The summed E-state index contributed by atoms with van der Waals surface area (Å²) < 4.78 is 48.2. The van der Waals surface area contributed by atoms with Crippen LogP contribution in [0.4, 0.5) is 17.6 Å². The fourth-order valence-corrected chi connectivity index (χ4v) is 1.16. The first-order chi connectivity index (χ1) is 4.19. The van der Waals surface area contributed by atoms with E-state index in [0.717, 1.165) is 6.92 Å². The highest BCUT2D eigenvalue weighted by Crippen LogP contribution is 2.43. The lowest BCUT2D eigenvalue weighted by molar-refractivity contribution is -0.142. The van der Waals surface area contributed by atoms with Gasteiger partial charge in [0.25, 0.3) is 0 Å². The molecule has 0 aliphatic carbocycles. The Balaban J connectivity index is 4.40. The van der Waals surface area contributed by atoms with E-state index in [1.807, 2.05) is 0 Å². The fraction of sp³-hybridized carbons (Fsp3) is 1.00. The molecule has 10 heavy (non-hydrogen) atoms. The summed E-state index contributed by atoms with van der Waals surface area (Å²) >= 11 is 3.96. The monoisotopic (exact) mass is 286 g/mol. The van der Waals surface area contributed by atoms with Gasteiger partial charge in [0.1, 0.15) is 0 Å². The average Bonchev–Trinajstić information content (AvgIpc) is 1.62. The summed E-state index contributed by atoms with van der Waals surface area (Å²) in [4.78, 5) is -5.71. The Morgan fingerprint density at radius 1 is 1.20 bits per heavy atom. The van der Waals surface area contributed by atoms with Gasteiger partial charge in [0.2, 0.25) is 0 Å². The van der Waals surface area contributed by atoms with E-state index in [2.05, 4.69) is 15.9 Å². The van der Waals surface area contributed by atoms with Crippen LogP contribution in [0.3, 0.4) is 0 Å². The van der Waals surface area contributed by atoms with E-state index >= 15 is 0 Å². The fourth-order valence-electron chi connectivity index (χ4n) is 0.226. The zero-order chi connectivity index (χ0) is 8.58. The summed E-state index contributed by atoms with van der Waals surface area (Å²) in [7, 11) is 0. The van der Waals surface area contributed by atoms with Crippen molar-refractivity contribution in [2.45, 2.75) is 22.5 Å². The van der Waals surface area contributed by atoms with Crippen LogP contribution >= 0.6 is 31.9 Å². The van der Waals surface area contributed by atoms with Gasteiger partial charge < -0.3 is 0 Å². The average molecular weight is 288 g/mol. The van der Waals surface area contributed by atoms with Crippen molar-refractivity contribution < 1.29 is 17.6 Å². The van der Waals surface area contributed by atoms with Crippen LogP contribution in [0.2, 0.25) is 0 Å². The molecule has 0 aliphatic rings. The Morgan fingerprint density at radius 3 is 1.50 bits per heavy atom. The number of alkyl halides is 6. The Labute approximate surface area is 72.2 Å². The lowest BCUT2D eigenvalue weighted by Crippen LogP contribution is -2.41. The predicted molar refractivity (Wildman–Crippen MR) is 37.2 cm³/mol. The molecule has 0 amide bonds. The van der Waals surface area contributed by atoms with E-state index in [9.17, 15) is 17.6 Å². The zero-order valence-electron chi connectivity index (χ0n) is 4.85. The summed E-state index contributed by atoms with van der Waals surface area (Å²) in [5, 5.41) is 0. The largest absolute Gasteiger partial charge is 0.364 e. The Kier molecular flexibility index (Phi) is 3.17. The quantitative estimate of drug-likeness (QED) is 0.539. The van der Waals surface area contributed by atoms with Crippen molar-refractivity contribution in [3.8, 4) is 0 Å². The summed E-state index contributed by atoms with van der Waals surface area (Å²) in [6.07, 6.45) is 0. The third-order valence-electron chi connectivity index (χ3n) is 0.878. The SMILES string of the molecule is CC(Br)C(F)(F)C(F)(F)Br. The van der Waals surface area contributed by atoms with Crippen molar-refractivity contribution in [1.29, 1.82) is 0 Å². The molecule has 6 heteroatoms. The van der Waals surface area contributed by atoms with Crippen molar-refractivity contribution in [2.75, 3.05) is 0 Å². The second-order valence-electron chi connectivity index (χ2n) is 1.74. The van der Waals surface area contributed by atoms with Gasteiger partial charge in [-0.25, -0.2) is 0 Å². The van der Waals surface area contributed by atoms with Crippen LogP contribution in [0.15, 0.2) is 0 Å². The molecule has 0 rings (SSSR count). The highest BCUT2D eigenvalue weighted by Gasteiger charge is 2.57. The van der Waals surface area contributed by atoms with Gasteiger partial charge in [0.15, 0.2) is 0 Å². The van der Waals surface area contributed by atoms with Crippen LogP contribution in [-0.2, 0) is 0 Å². The lowest BCUT2D eigenvalue weighted by atomic mass is 10.3. The van der Waals surface area contributed by atoms with E-state index in [1.54, 1.807) is 15.9 Å². The maximum atomic E-state index is 12.2. The van der Waals surface area contributed by atoms with E-state index < -0.39 is 15.6 Å². The molecular formula is C4H4Br2F4. The van der Waals surface area contributed by atoms with Gasteiger partial charge in [0, 0.05) is 0 Å². The van der Waals surface area contributed by atoms with Crippen LogP contribution in [0.5, 0.6) is 0 Å². The van der Waals surface area contributed by atoms with Gasteiger partial charge in [0.05, 0.1) is 4.83 Å². The predicted octanol–water partition coefficient (Wildman–Crippen LogP) is 3.39. The number of rotatable bonds is 2. The van der Waals surface area contributed by atoms with Crippen molar-refractivity contribution in [1.82, 2.24) is 0 Å². The molecule has 1 atom stereocenters. The van der Waals surface area contributed by atoms with Gasteiger partial charge in [-0.2, -0.15) is 17.6 Å². The third kappa shape index (κ3) is 2.08. The van der Waals surface area contributed by atoms with E-state index in [4.69, 9.17) is 0 Å². The van der Waals surface area contributed by atoms with Crippen LogP contribution in [-0.4, -0.2) is 15.6 Å². The normalized spacial score (nSPS) is 17.1. The van der Waals surface area contributed by atoms with Crippen LogP contribution in [0.25, 0.3) is 0 Å². The summed E-state index contributed by atoms with van der Waals surface area (Å²) in [6.45, 7) is 0.954. The minimum absolute atomic E-state index is 0.954. The molecule has 62 valence electrons. The summed E-state index contributed by atoms with van der Waals surface area (Å²) in [6, 6.07) is 0. The molecule has 0 nitrogen and oxygen atoms in total.